The van der Waals surface area contributed by atoms with Gasteiger partial charge in [0.2, 0.25) is 0 Å². The number of fused-ring (bicyclic) bond motifs is 1. The van der Waals surface area contributed by atoms with Crippen LogP contribution in [0.3, 0.4) is 0 Å². The van der Waals surface area contributed by atoms with Crippen LogP contribution in [0.4, 0.5) is 13.2 Å². The van der Waals surface area contributed by atoms with Crippen LogP contribution in [0, 0.1) is 17.5 Å². The van der Waals surface area contributed by atoms with Gasteiger partial charge in [-0.15, -0.1) is 0 Å². The second kappa shape index (κ2) is 5.45. The summed E-state index contributed by atoms with van der Waals surface area (Å²) >= 11 is 0. The number of pyridine rings is 2. The maximum Gasteiger partial charge on any atom is 0.194 e. The Morgan fingerprint density at radius 2 is 1.67 bits per heavy atom. The van der Waals surface area contributed by atoms with E-state index < -0.39 is 17.5 Å². The van der Waals surface area contributed by atoms with Gasteiger partial charge in [-0.1, -0.05) is 6.07 Å². The Bertz CT molecular complexity index is 1040. The third-order valence-electron chi connectivity index (χ3n) is 3.66. The van der Waals surface area contributed by atoms with Crippen molar-refractivity contribution >= 4 is 5.65 Å². The summed E-state index contributed by atoms with van der Waals surface area (Å²) in [7, 11) is 0. The molecule has 4 rings (SSSR count). The van der Waals surface area contributed by atoms with Crippen molar-refractivity contribution in [3.8, 4) is 22.4 Å². The first kappa shape index (κ1) is 14.4. The number of hydrogen-bond acceptors (Lipinski definition) is 3. The number of aromatic nitrogens is 4. The Balaban J connectivity index is 1.92. The molecular weight excluding hydrogens is 317 g/mol. The fraction of sp³-hybridized carbons (Fsp3) is 0. The number of nitrogens with zero attached hydrogens (tertiary/aromatic N) is 4. The number of hydrogen-bond donors (Lipinski definition) is 0. The summed E-state index contributed by atoms with van der Waals surface area (Å²) in [6.45, 7) is 0. The van der Waals surface area contributed by atoms with Crippen molar-refractivity contribution in [3.63, 3.8) is 0 Å². The average molecular weight is 326 g/mol. The fourth-order valence-electron chi connectivity index (χ4n) is 2.54. The van der Waals surface area contributed by atoms with E-state index in [-0.39, 0.29) is 5.56 Å². The van der Waals surface area contributed by atoms with Gasteiger partial charge in [0.05, 0.1) is 5.69 Å². The Morgan fingerprint density at radius 3 is 2.46 bits per heavy atom. The van der Waals surface area contributed by atoms with Crippen molar-refractivity contribution in [2.45, 2.75) is 0 Å². The molecule has 0 unspecified atom stereocenters. The molecule has 0 N–H and O–H groups in total. The summed E-state index contributed by atoms with van der Waals surface area (Å²) < 4.78 is 41.9. The van der Waals surface area contributed by atoms with Crippen LogP contribution in [0.15, 0.2) is 55.1 Å². The quantitative estimate of drug-likeness (QED) is 0.525. The molecule has 0 aliphatic heterocycles. The van der Waals surface area contributed by atoms with Crippen molar-refractivity contribution in [1.29, 1.82) is 0 Å². The summed E-state index contributed by atoms with van der Waals surface area (Å²) in [6.07, 6.45) is 4.65. The van der Waals surface area contributed by atoms with E-state index in [4.69, 9.17) is 0 Å². The molecule has 0 saturated carbocycles. The molecule has 0 spiro atoms. The molecule has 3 aromatic heterocycles. The molecule has 0 bridgehead atoms. The zero-order chi connectivity index (χ0) is 16.7. The van der Waals surface area contributed by atoms with E-state index in [2.05, 4.69) is 15.1 Å². The SMILES string of the molecule is Fc1cc(-c2ncccc2-c2ccn3ncnc3c2)cc(F)c1F. The van der Waals surface area contributed by atoms with Gasteiger partial charge >= 0.3 is 0 Å². The van der Waals surface area contributed by atoms with Gasteiger partial charge in [-0.05, 0) is 35.9 Å². The Kier molecular flexibility index (Phi) is 3.26. The van der Waals surface area contributed by atoms with Gasteiger partial charge in [-0.2, -0.15) is 5.10 Å². The lowest BCUT2D eigenvalue weighted by molar-refractivity contribution is 0.447. The largest absolute Gasteiger partial charge is 0.256 e. The van der Waals surface area contributed by atoms with Gasteiger partial charge in [-0.25, -0.2) is 22.7 Å². The first-order valence-electron chi connectivity index (χ1n) is 7.03. The molecule has 0 fully saturated rings. The molecule has 0 atom stereocenters. The van der Waals surface area contributed by atoms with Gasteiger partial charge in [0, 0.05) is 23.5 Å². The molecule has 0 aliphatic rings. The number of rotatable bonds is 2. The second-order valence-electron chi connectivity index (χ2n) is 5.13. The molecule has 0 saturated heterocycles. The molecular formula is C17H9F3N4. The molecule has 3 heterocycles. The maximum atomic E-state index is 13.6. The zero-order valence-electron chi connectivity index (χ0n) is 12.1. The highest BCUT2D eigenvalue weighted by Gasteiger charge is 2.15. The highest BCUT2D eigenvalue weighted by Crippen LogP contribution is 2.31. The van der Waals surface area contributed by atoms with Crippen molar-refractivity contribution in [1.82, 2.24) is 19.6 Å². The van der Waals surface area contributed by atoms with Crippen molar-refractivity contribution in [2.75, 3.05) is 0 Å². The van der Waals surface area contributed by atoms with Crippen LogP contribution in [0.5, 0.6) is 0 Å². The Labute approximate surface area is 134 Å². The maximum absolute atomic E-state index is 13.6. The highest BCUT2D eigenvalue weighted by atomic mass is 19.2. The lowest BCUT2D eigenvalue weighted by Crippen LogP contribution is -1.95. The summed E-state index contributed by atoms with van der Waals surface area (Å²) in [4.78, 5) is 8.32. The topological polar surface area (TPSA) is 43.1 Å². The monoisotopic (exact) mass is 326 g/mol. The van der Waals surface area contributed by atoms with Crippen LogP contribution >= 0.6 is 0 Å². The van der Waals surface area contributed by atoms with Crippen LogP contribution < -0.4 is 0 Å². The standard InChI is InChI=1S/C17H9F3N4/c18-13-6-11(7-14(19)16(13)20)17-12(2-1-4-21-17)10-3-5-24-15(8-10)22-9-23-24/h1-9H. The van der Waals surface area contributed by atoms with Crippen LogP contribution in [0.25, 0.3) is 28.0 Å². The molecule has 4 aromatic rings. The highest BCUT2D eigenvalue weighted by molar-refractivity contribution is 5.81. The predicted molar refractivity (Wildman–Crippen MR) is 81.5 cm³/mol. The van der Waals surface area contributed by atoms with E-state index in [0.29, 0.717) is 16.9 Å². The lowest BCUT2D eigenvalue weighted by atomic mass is 10.00. The van der Waals surface area contributed by atoms with Gasteiger partial charge in [-0.3, -0.25) is 4.98 Å². The Morgan fingerprint density at radius 1 is 0.875 bits per heavy atom. The van der Waals surface area contributed by atoms with Crippen LogP contribution in [0.2, 0.25) is 0 Å². The lowest BCUT2D eigenvalue weighted by Gasteiger charge is -2.10. The average Bonchev–Trinajstić information content (AvgIpc) is 3.07. The summed E-state index contributed by atoms with van der Waals surface area (Å²) in [5.74, 6) is -4.01. The molecule has 7 heteroatoms. The first-order valence-corrected chi connectivity index (χ1v) is 7.03. The van der Waals surface area contributed by atoms with Crippen LogP contribution in [-0.4, -0.2) is 19.6 Å². The summed E-state index contributed by atoms with van der Waals surface area (Å²) in [6, 6.07) is 8.91. The molecule has 4 nitrogen and oxygen atoms in total. The van der Waals surface area contributed by atoms with Gasteiger partial charge < -0.3 is 0 Å². The zero-order valence-corrected chi connectivity index (χ0v) is 12.1. The molecule has 1 aromatic carbocycles. The fourth-order valence-corrected chi connectivity index (χ4v) is 2.54. The van der Waals surface area contributed by atoms with Crippen molar-refractivity contribution < 1.29 is 13.2 Å². The minimum Gasteiger partial charge on any atom is -0.256 e. The van der Waals surface area contributed by atoms with Gasteiger partial charge in [0.1, 0.15) is 6.33 Å². The smallest absolute Gasteiger partial charge is 0.194 e. The minimum absolute atomic E-state index is 0.156. The molecule has 24 heavy (non-hydrogen) atoms. The molecule has 0 radical (unpaired) electrons. The van der Waals surface area contributed by atoms with E-state index in [0.717, 1.165) is 17.7 Å². The molecule has 118 valence electrons. The predicted octanol–water partition coefficient (Wildman–Crippen LogP) is 3.88. The van der Waals surface area contributed by atoms with Gasteiger partial charge in [0.15, 0.2) is 23.1 Å². The molecule has 0 amide bonds. The van der Waals surface area contributed by atoms with Crippen molar-refractivity contribution in [2.24, 2.45) is 0 Å². The second-order valence-corrected chi connectivity index (χ2v) is 5.13. The van der Waals surface area contributed by atoms with E-state index in [1.54, 1.807) is 35.0 Å². The van der Waals surface area contributed by atoms with Crippen molar-refractivity contribution in [3.05, 3.63) is 72.6 Å². The van der Waals surface area contributed by atoms with E-state index in [9.17, 15) is 13.2 Å². The van der Waals surface area contributed by atoms with Crippen LogP contribution in [0.1, 0.15) is 0 Å². The number of benzene rings is 1. The molecule has 0 aliphatic carbocycles. The third kappa shape index (κ3) is 2.30. The van der Waals surface area contributed by atoms with E-state index in [1.165, 1.54) is 12.5 Å². The third-order valence-corrected chi connectivity index (χ3v) is 3.66. The van der Waals surface area contributed by atoms with E-state index >= 15 is 0 Å². The summed E-state index contributed by atoms with van der Waals surface area (Å²) in [5.41, 5.74) is 2.53. The summed E-state index contributed by atoms with van der Waals surface area (Å²) in [5, 5.41) is 4.02. The Hall–Kier alpha value is -3.22. The van der Waals surface area contributed by atoms with E-state index in [1.807, 2.05) is 0 Å². The van der Waals surface area contributed by atoms with Crippen LogP contribution in [-0.2, 0) is 0 Å². The number of halogens is 3. The minimum atomic E-state index is -1.50. The first-order chi connectivity index (χ1) is 11.6. The normalized spacial score (nSPS) is 11.1. The van der Waals surface area contributed by atoms with Gasteiger partial charge in [0.25, 0.3) is 0 Å².